The number of hydrogen-bond acceptors (Lipinski definition) is 4. The second-order valence-corrected chi connectivity index (χ2v) is 7.46. The topological polar surface area (TPSA) is 61.4 Å². The van der Waals surface area contributed by atoms with Crippen LogP contribution in [0.4, 0.5) is 0 Å². The number of sulfonamides is 1. The van der Waals surface area contributed by atoms with Crippen LogP contribution in [-0.2, 0) is 10.0 Å². The summed E-state index contributed by atoms with van der Waals surface area (Å²) in [5.41, 5.74) is 0. The molecular weight excluding hydrogens is 250 g/mol. The van der Waals surface area contributed by atoms with Crippen LogP contribution in [-0.4, -0.2) is 57.8 Å². The highest BCUT2D eigenvalue weighted by molar-refractivity contribution is 7.90. The van der Waals surface area contributed by atoms with Gasteiger partial charge in [0.15, 0.2) is 0 Å². The van der Waals surface area contributed by atoms with E-state index in [1.165, 1.54) is 0 Å². The van der Waals surface area contributed by atoms with Crippen molar-refractivity contribution in [1.29, 1.82) is 0 Å². The van der Waals surface area contributed by atoms with Gasteiger partial charge in [0.05, 0.1) is 5.25 Å². The molecule has 0 aliphatic carbocycles. The largest absolute Gasteiger partial charge is 0.315 e. The lowest BCUT2D eigenvalue weighted by molar-refractivity contribution is 0.342. The summed E-state index contributed by atoms with van der Waals surface area (Å²) in [6.45, 7) is 7.50. The van der Waals surface area contributed by atoms with Gasteiger partial charge in [-0.3, -0.25) is 0 Å². The van der Waals surface area contributed by atoms with Gasteiger partial charge in [-0.2, -0.15) is 0 Å². The molecule has 2 unspecified atom stereocenters. The van der Waals surface area contributed by atoms with E-state index in [2.05, 4.69) is 21.9 Å². The van der Waals surface area contributed by atoms with Crippen LogP contribution >= 0.6 is 0 Å². The Hall–Kier alpha value is -0.170. The Balaban J connectivity index is 1.78. The Morgan fingerprint density at radius 3 is 2.83 bits per heavy atom. The summed E-state index contributed by atoms with van der Waals surface area (Å²) in [5, 5.41) is 2.92. The first-order chi connectivity index (χ1) is 8.62. The molecule has 2 heterocycles. The van der Waals surface area contributed by atoms with Gasteiger partial charge in [-0.1, -0.05) is 6.92 Å². The normalized spacial score (nSPS) is 30.7. The lowest BCUT2D eigenvalue weighted by Gasteiger charge is -2.23. The molecule has 2 fully saturated rings. The molecule has 0 radical (unpaired) electrons. The van der Waals surface area contributed by atoms with Crippen molar-refractivity contribution in [3.63, 3.8) is 0 Å². The number of hydrogen-bond donors (Lipinski definition) is 2. The van der Waals surface area contributed by atoms with E-state index < -0.39 is 10.0 Å². The minimum Gasteiger partial charge on any atom is -0.315 e. The summed E-state index contributed by atoms with van der Waals surface area (Å²) in [6.07, 6.45) is 2.85. The highest BCUT2D eigenvalue weighted by Gasteiger charge is 2.29. The molecule has 2 saturated heterocycles. The van der Waals surface area contributed by atoms with Crippen LogP contribution in [0.3, 0.4) is 0 Å². The number of rotatable bonds is 5. The zero-order valence-corrected chi connectivity index (χ0v) is 12.0. The standard InChI is InChI=1S/C12H25N3O2S/c1-2-15-7-5-11(10-15)8-14-18(16,17)12-4-3-6-13-9-12/h11-14H,2-10H2,1H3. The fraction of sp³-hybridized carbons (Fsp3) is 1.00. The van der Waals surface area contributed by atoms with E-state index in [9.17, 15) is 8.42 Å². The molecule has 6 heteroatoms. The molecule has 2 atom stereocenters. The van der Waals surface area contributed by atoms with Gasteiger partial charge in [0, 0.05) is 19.6 Å². The molecule has 18 heavy (non-hydrogen) atoms. The predicted octanol–water partition coefficient (Wildman–Crippen LogP) is -0.000400. The molecule has 0 aromatic rings. The molecule has 0 saturated carbocycles. The quantitative estimate of drug-likeness (QED) is 0.741. The van der Waals surface area contributed by atoms with Gasteiger partial charge in [-0.25, -0.2) is 13.1 Å². The first-order valence-corrected chi connectivity index (χ1v) is 8.58. The Morgan fingerprint density at radius 2 is 2.22 bits per heavy atom. The number of likely N-dealkylation sites (tertiary alicyclic amines) is 1. The van der Waals surface area contributed by atoms with Gasteiger partial charge in [-0.05, 0) is 44.8 Å². The lowest BCUT2D eigenvalue weighted by atomic mass is 10.1. The molecule has 0 bridgehead atoms. The van der Waals surface area contributed by atoms with Crippen molar-refractivity contribution in [3.8, 4) is 0 Å². The van der Waals surface area contributed by atoms with Crippen molar-refractivity contribution in [2.45, 2.75) is 31.4 Å². The number of piperidine rings is 1. The van der Waals surface area contributed by atoms with E-state index in [-0.39, 0.29) is 5.25 Å². The molecule has 0 spiro atoms. The summed E-state index contributed by atoms with van der Waals surface area (Å²) < 4.78 is 27.1. The lowest BCUT2D eigenvalue weighted by Crippen LogP contribution is -2.45. The summed E-state index contributed by atoms with van der Waals surface area (Å²) in [4.78, 5) is 2.38. The van der Waals surface area contributed by atoms with E-state index in [4.69, 9.17) is 0 Å². The maximum absolute atomic E-state index is 12.1. The minimum atomic E-state index is -3.13. The first-order valence-electron chi connectivity index (χ1n) is 7.03. The molecule has 5 nitrogen and oxygen atoms in total. The zero-order chi connectivity index (χ0) is 13.0. The summed E-state index contributed by atoms with van der Waals surface area (Å²) >= 11 is 0. The van der Waals surface area contributed by atoms with E-state index in [0.29, 0.717) is 19.0 Å². The first kappa shape index (κ1) is 14.2. The van der Waals surface area contributed by atoms with E-state index in [1.807, 2.05) is 0 Å². The number of nitrogens with zero attached hydrogens (tertiary/aromatic N) is 1. The zero-order valence-electron chi connectivity index (χ0n) is 11.2. The monoisotopic (exact) mass is 275 g/mol. The van der Waals surface area contributed by atoms with Crippen molar-refractivity contribution in [2.24, 2.45) is 5.92 Å². The van der Waals surface area contributed by atoms with Crippen LogP contribution in [0.25, 0.3) is 0 Å². The predicted molar refractivity (Wildman–Crippen MR) is 73.0 cm³/mol. The van der Waals surface area contributed by atoms with Crippen LogP contribution in [0.15, 0.2) is 0 Å². The highest BCUT2D eigenvalue weighted by Crippen LogP contribution is 2.16. The smallest absolute Gasteiger partial charge is 0.215 e. The number of nitrogens with one attached hydrogen (secondary N) is 2. The Bertz CT molecular complexity index is 352. The molecular formula is C12H25N3O2S. The SMILES string of the molecule is CCN1CCC(CNS(=O)(=O)C2CCCNC2)C1. The fourth-order valence-electron chi connectivity index (χ4n) is 2.80. The van der Waals surface area contributed by atoms with Gasteiger partial charge in [0.25, 0.3) is 0 Å². The Kier molecular flexibility index (Phi) is 5.00. The Morgan fingerprint density at radius 1 is 1.39 bits per heavy atom. The van der Waals surface area contributed by atoms with E-state index in [1.54, 1.807) is 0 Å². The second-order valence-electron chi connectivity index (χ2n) is 5.41. The van der Waals surface area contributed by atoms with Crippen molar-refractivity contribution in [1.82, 2.24) is 14.9 Å². The Labute approximate surface area is 110 Å². The van der Waals surface area contributed by atoms with Crippen molar-refractivity contribution < 1.29 is 8.42 Å². The molecule has 0 aromatic carbocycles. The van der Waals surface area contributed by atoms with Crippen LogP contribution < -0.4 is 10.0 Å². The molecule has 2 aliphatic rings. The van der Waals surface area contributed by atoms with Gasteiger partial charge >= 0.3 is 0 Å². The third-order valence-electron chi connectivity index (χ3n) is 4.08. The van der Waals surface area contributed by atoms with Crippen LogP contribution in [0.2, 0.25) is 0 Å². The van der Waals surface area contributed by atoms with Gasteiger partial charge in [-0.15, -0.1) is 0 Å². The third-order valence-corrected chi connectivity index (χ3v) is 5.93. The van der Waals surface area contributed by atoms with Gasteiger partial charge in [0.1, 0.15) is 0 Å². The van der Waals surface area contributed by atoms with Crippen molar-refractivity contribution >= 4 is 10.0 Å². The van der Waals surface area contributed by atoms with Crippen LogP contribution in [0, 0.1) is 5.92 Å². The molecule has 106 valence electrons. The average Bonchev–Trinajstić information content (AvgIpc) is 2.86. The van der Waals surface area contributed by atoms with Gasteiger partial charge < -0.3 is 10.2 Å². The minimum absolute atomic E-state index is 0.241. The van der Waals surface area contributed by atoms with Crippen LogP contribution in [0.5, 0.6) is 0 Å². The fourth-order valence-corrected chi connectivity index (χ4v) is 4.32. The molecule has 2 rings (SSSR count). The van der Waals surface area contributed by atoms with E-state index >= 15 is 0 Å². The molecule has 0 amide bonds. The van der Waals surface area contributed by atoms with Crippen molar-refractivity contribution in [3.05, 3.63) is 0 Å². The molecule has 2 aliphatic heterocycles. The third kappa shape index (κ3) is 3.66. The summed E-state index contributed by atoms with van der Waals surface area (Å²) in [5.74, 6) is 0.483. The highest BCUT2D eigenvalue weighted by atomic mass is 32.2. The molecule has 0 aromatic heterocycles. The van der Waals surface area contributed by atoms with E-state index in [0.717, 1.165) is 45.4 Å². The van der Waals surface area contributed by atoms with Gasteiger partial charge in [0.2, 0.25) is 10.0 Å². The molecule has 2 N–H and O–H groups in total. The van der Waals surface area contributed by atoms with Crippen molar-refractivity contribution in [2.75, 3.05) is 39.3 Å². The maximum Gasteiger partial charge on any atom is 0.215 e. The summed E-state index contributed by atoms with van der Waals surface area (Å²) in [6, 6.07) is 0. The summed E-state index contributed by atoms with van der Waals surface area (Å²) in [7, 11) is -3.13. The maximum atomic E-state index is 12.1. The average molecular weight is 275 g/mol. The second kappa shape index (κ2) is 6.32. The van der Waals surface area contributed by atoms with Crippen LogP contribution in [0.1, 0.15) is 26.2 Å².